The lowest BCUT2D eigenvalue weighted by molar-refractivity contribution is -0.143. The van der Waals surface area contributed by atoms with E-state index in [1.54, 1.807) is 43.5 Å². The van der Waals surface area contributed by atoms with Crippen LogP contribution in [-0.4, -0.2) is 41.6 Å². The van der Waals surface area contributed by atoms with Gasteiger partial charge in [-0.1, -0.05) is 6.07 Å². The molecular weight excluding hydrogens is 457 g/mol. The molecule has 0 atom stereocenters. The molecule has 3 heterocycles. The molecule has 1 aromatic carbocycles. The standard InChI is InChI=1S/C24H24FN5O5/c1-13-6-7-16(9-18(13)25)30-14(2)8-17(15(30)3)19(31)11-35-20(32)10-29-12-26-22-21(29)23(33)28(5)24(34)27(22)4/h6-9,12H,10-11H2,1-5H3. The molecule has 4 aromatic rings. The molecule has 35 heavy (non-hydrogen) atoms. The van der Waals surface area contributed by atoms with Gasteiger partial charge in [-0.05, 0) is 44.5 Å². The van der Waals surface area contributed by atoms with E-state index in [4.69, 9.17) is 4.74 Å². The van der Waals surface area contributed by atoms with Crippen LogP contribution < -0.4 is 11.2 Å². The fourth-order valence-electron chi connectivity index (χ4n) is 4.09. The lowest BCUT2D eigenvalue weighted by Gasteiger charge is -2.11. The first kappa shape index (κ1) is 23.9. The van der Waals surface area contributed by atoms with E-state index in [2.05, 4.69) is 4.98 Å². The zero-order chi connectivity index (χ0) is 25.6. The number of benzene rings is 1. The maximum absolute atomic E-state index is 14.1. The monoisotopic (exact) mass is 481 g/mol. The van der Waals surface area contributed by atoms with Gasteiger partial charge in [-0.25, -0.2) is 14.2 Å². The van der Waals surface area contributed by atoms with Gasteiger partial charge in [-0.15, -0.1) is 0 Å². The van der Waals surface area contributed by atoms with Crippen molar-refractivity contribution in [1.82, 2.24) is 23.3 Å². The molecule has 0 amide bonds. The van der Waals surface area contributed by atoms with Crippen LogP contribution in [0, 0.1) is 26.6 Å². The van der Waals surface area contributed by atoms with Crippen LogP contribution in [0.15, 0.2) is 40.2 Å². The first-order valence-electron chi connectivity index (χ1n) is 10.8. The van der Waals surface area contributed by atoms with E-state index in [0.29, 0.717) is 22.5 Å². The third-order valence-corrected chi connectivity index (χ3v) is 6.03. The van der Waals surface area contributed by atoms with E-state index in [9.17, 15) is 23.6 Å². The Bertz CT molecular complexity index is 1620. The predicted molar refractivity (Wildman–Crippen MR) is 125 cm³/mol. The van der Waals surface area contributed by atoms with Gasteiger partial charge in [0.15, 0.2) is 17.8 Å². The van der Waals surface area contributed by atoms with Crippen molar-refractivity contribution in [1.29, 1.82) is 0 Å². The molecule has 0 spiro atoms. The number of carbonyl (C=O) groups excluding carboxylic acids is 2. The van der Waals surface area contributed by atoms with Crippen molar-refractivity contribution in [3.63, 3.8) is 0 Å². The Morgan fingerprint density at radius 3 is 2.46 bits per heavy atom. The van der Waals surface area contributed by atoms with E-state index in [1.165, 1.54) is 35.6 Å². The fraction of sp³-hybridized carbons (Fsp3) is 0.292. The molecule has 0 bridgehead atoms. The van der Waals surface area contributed by atoms with Crippen molar-refractivity contribution >= 4 is 22.9 Å². The molecule has 4 rings (SSSR count). The van der Waals surface area contributed by atoms with Crippen LogP contribution >= 0.6 is 0 Å². The average Bonchev–Trinajstić information content (AvgIpc) is 3.37. The molecule has 0 aliphatic carbocycles. The van der Waals surface area contributed by atoms with Crippen LogP contribution in [0.2, 0.25) is 0 Å². The first-order chi connectivity index (χ1) is 16.5. The zero-order valence-corrected chi connectivity index (χ0v) is 20.0. The molecule has 0 radical (unpaired) electrons. The maximum atomic E-state index is 14.1. The number of fused-ring (bicyclic) bond motifs is 1. The van der Waals surface area contributed by atoms with E-state index in [1.807, 2.05) is 0 Å². The number of esters is 1. The highest BCUT2D eigenvalue weighted by molar-refractivity contribution is 5.99. The summed E-state index contributed by atoms with van der Waals surface area (Å²) in [7, 11) is 2.81. The van der Waals surface area contributed by atoms with Crippen LogP contribution in [0.3, 0.4) is 0 Å². The molecule has 0 aliphatic heterocycles. The zero-order valence-electron chi connectivity index (χ0n) is 20.0. The highest BCUT2D eigenvalue weighted by Gasteiger charge is 2.20. The third kappa shape index (κ3) is 4.09. The Balaban J connectivity index is 1.51. The topological polar surface area (TPSA) is 110 Å². The summed E-state index contributed by atoms with van der Waals surface area (Å²) in [6.45, 7) is 4.33. The molecule has 0 saturated heterocycles. The van der Waals surface area contributed by atoms with E-state index in [0.717, 1.165) is 10.3 Å². The number of rotatable bonds is 6. The SMILES string of the molecule is Cc1ccc(-n2c(C)cc(C(=O)COC(=O)Cn3cnc4c3c(=O)n(C)c(=O)n4C)c2C)cc1F. The molecule has 10 nitrogen and oxygen atoms in total. The lowest BCUT2D eigenvalue weighted by atomic mass is 10.1. The van der Waals surface area contributed by atoms with Crippen LogP contribution in [0.1, 0.15) is 27.3 Å². The second-order valence-electron chi connectivity index (χ2n) is 8.39. The van der Waals surface area contributed by atoms with Gasteiger partial charge in [0.05, 0.1) is 6.33 Å². The quantitative estimate of drug-likeness (QED) is 0.306. The van der Waals surface area contributed by atoms with Crippen LogP contribution in [-0.2, 0) is 30.2 Å². The number of Topliss-reactive ketones (excluding diaryl/α,β-unsaturated/α-hetero) is 1. The van der Waals surface area contributed by atoms with Crippen molar-refractivity contribution < 1.29 is 18.7 Å². The largest absolute Gasteiger partial charge is 0.456 e. The summed E-state index contributed by atoms with van der Waals surface area (Å²) in [5.41, 5.74) is 1.87. The minimum absolute atomic E-state index is 0.0757. The summed E-state index contributed by atoms with van der Waals surface area (Å²) >= 11 is 0. The molecule has 0 aliphatic rings. The molecule has 0 N–H and O–H groups in total. The summed E-state index contributed by atoms with van der Waals surface area (Å²) in [6.07, 6.45) is 1.27. The van der Waals surface area contributed by atoms with Crippen molar-refractivity contribution in [2.75, 3.05) is 6.61 Å². The number of aryl methyl sites for hydroxylation is 3. The van der Waals surface area contributed by atoms with Crippen molar-refractivity contribution in [3.05, 3.63) is 79.8 Å². The molecule has 3 aromatic heterocycles. The number of aromatic nitrogens is 5. The van der Waals surface area contributed by atoms with Gasteiger partial charge in [-0.3, -0.25) is 23.5 Å². The molecular formula is C24H24FN5O5. The summed E-state index contributed by atoms with van der Waals surface area (Å²) in [6, 6.07) is 6.50. The molecule has 0 saturated carbocycles. The Morgan fingerprint density at radius 2 is 1.77 bits per heavy atom. The Kier molecular flexibility index (Phi) is 6.01. The predicted octanol–water partition coefficient (Wildman–Crippen LogP) is 1.71. The van der Waals surface area contributed by atoms with Gasteiger partial charge >= 0.3 is 11.7 Å². The summed E-state index contributed by atoms with van der Waals surface area (Å²) in [5, 5.41) is 0. The number of carbonyl (C=O) groups is 2. The molecule has 182 valence electrons. The minimum Gasteiger partial charge on any atom is -0.456 e. The van der Waals surface area contributed by atoms with Gasteiger partial charge in [-0.2, -0.15) is 0 Å². The smallest absolute Gasteiger partial charge is 0.332 e. The molecule has 0 fully saturated rings. The highest BCUT2D eigenvalue weighted by atomic mass is 19.1. The van der Waals surface area contributed by atoms with Crippen molar-refractivity contribution in [2.24, 2.45) is 14.1 Å². The normalized spacial score (nSPS) is 11.3. The Hall–Kier alpha value is -4.28. The number of nitrogens with zero attached hydrogens (tertiary/aromatic N) is 5. The van der Waals surface area contributed by atoms with Gasteiger partial charge < -0.3 is 13.9 Å². The van der Waals surface area contributed by atoms with E-state index < -0.39 is 29.6 Å². The van der Waals surface area contributed by atoms with Crippen molar-refractivity contribution in [2.45, 2.75) is 27.3 Å². The molecule has 0 unspecified atom stereocenters. The lowest BCUT2D eigenvalue weighted by Crippen LogP contribution is -2.37. The van der Waals surface area contributed by atoms with Gasteiger partial charge in [0.1, 0.15) is 12.4 Å². The second-order valence-corrected chi connectivity index (χ2v) is 8.39. The Labute approximate surface area is 198 Å². The number of ether oxygens (including phenoxy) is 1. The van der Waals surface area contributed by atoms with E-state index >= 15 is 0 Å². The third-order valence-electron chi connectivity index (χ3n) is 6.03. The van der Waals surface area contributed by atoms with Crippen LogP contribution in [0.5, 0.6) is 0 Å². The first-order valence-corrected chi connectivity index (χ1v) is 10.8. The highest BCUT2D eigenvalue weighted by Crippen LogP contribution is 2.23. The summed E-state index contributed by atoms with van der Waals surface area (Å²) in [5.74, 6) is -1.51. The van der Waals surface area contributed by atoms with Gasteiger partial charge in [0.2, 0.25) is 5.78 Å². The number of halogens is 1. The number of imidazole rings is 1. The number of ketones is 1. The fourth-order valence-corrected chi connectivity index (χ4v) is 4.09. The maximum Gasteiger partial charge on any atom is 0.332 e. The van der Waals surface area contributed by atoms with Gasteiger partial charge in [0, 0.05) is 36.7 Å². The summed E-state index contributed by atoms with van der Waals surface area (Å²) in [4.78, 5) is 53.8. The van der Waals surface area contributed by atoms with E-state index in [-0.39, 0.29) is 23.5 Å². The average molecular weight is 481 g/mol. The molecule has 11 heteroatoms. The van der Waals surface area contributed by atoms with Crippen molar-refractivity contribution in [3.8, 4) is 5.69 Å². The van der Waals surface area contributed by atoms with Gasteiger partial charge in [0.25, 0.3) is 5.56 Å². The Morgan fingerprint density at radius 1 is 1.06 bits per heavy atom. The minimum atomic E-state index is -0.747. The summed E-state index contributed by atoms with van der Waals surface area (Å²) < 4.78 is 24.4. The van der Waals surface area contributed by atoms with Crippen LogP contribution in [0.4, 0.5) is 4.39 Å². The number of hydrogen-bond acceptors (Lipinski definition) is 6. The van der Waals surface area contributed by atoms with Crippen LogP contribution in [0.25, 0.3) is 16.9 Å². The second kappa shape index (κ2) is 8.82. The number of hydrogen-bond donors (Lipinski definition) is 0.